The molecule has 0 aromatic heterocycles. The molecule has 0 atom stereocenters. The second-order valence-corrected chi connectivity index (χ2v) is 4.21. The molecule has 0 aliphatic rings. The van der Waals surface area contributed by atoms with Crippen molar-refractivity contribution in [2.75, 3.05) is 26.9 Å². The fourth-order valence-corrected chi connectivity index (χ4v) is 1.50. The Labute approximate surface area is 108 Å². The number of amides is 1. The monoisotopic (exact) mass is 251 g/mol. The van der Waals surface area contributed by atoms with Crippen molar-refractivity contribution in [1.29, 1.82) is 0 Å². The molecular formula is C14H21NO3. The third-order valence-electron chi connectivity index (χ3n) is 2.56. The van der Waals surface area contributed by atoms with E-state index in [9.17, 15) is 4.79 Å². The molecule has 1 N–H and O–H groups in total. The lowest BCUT2D eigenvalue weighted by Crippen LogP contribution is -2.28. The van der Waals surface area contributed by atoms with Gasteiger partial charge in [0.05, 0.1) is 19.6 Å². The summed E-state index contributed by atoms with van der Waals surface area (Å²) in [4.78, 5) is 11.4. The van der Waals surface area contributed by atoms with E-state index in [0.29, 0.717) is 26.2 Å². The summed E-state index contributed by atoms with van der Waals surface area (Å²) in [5, 5.41) is 2.75. The van der Waals surface area contributed by atoms with Gasteiger partial charge < -0.3 is 14.8 Å². The van der Waals surface area contributed by atoms with Gasteiger partial charge in [-0.1, -0.05) is 12.1 Å². The Kier molecular flexibility index (Phi) is 6.22. The maximum atomic E-state index is 11.4. The molecule has 0 radical (unpaired) electrons. The molecule has 0 bridgehead atoms. The van der Waals surface area contributed by atoms with Crippen LogP contribution in [0, 0.1) is 13.8 Å². The molecule has 0 aliphatic carbocycles. The van der Waals surface area contributed by atoms with Crippen LogP contribution < -0.4 is 10.1 Å². The highest BCUT2D eigenvalue weighted by Gasteiger charge is 2.03. The van der Waals surface area contributed by atoms with Crippen molar-refractivity contribution < 1.29 is 14.3 Å². The van der Waals surface area contributed by atoms with E-state index in [0.717, 1.165) is 16.9 Å². The average molecular weight is 251 g/mol. The molecule has 0 fully saturated rings. The highest BCUT2D eigenvalue weighted by atomic mass is 16.5. The van der Waals surface area contributed by atoms with Gasteiger partial charge in [0, 0.05) is 13.7 Å². The van der Waals surface area contributed by atoms with Crippen LogP contribution in [0.1, 0.15) is 17.5 Å². The Hall–Kier alpha value is -1.55. The Bertz CT molecular complexity index is 391. The number of benzene rings is 1. The minimum absolute atomic E-state index is 0.0163. The quantitative estimate of drug-likeness (QED) is 0.752. The van der Waals surface area contributed by atoms with Gasteiger partial charge in [-0.25, -0.2) is 0 Å². The summed E-state index contributed by atoms with van der Waals surface area (Å²) in [6.45, 7) is 5.47. The number of ether oxygens (including phenoxy) is 2. The lowest BCUT2D eigenvalue weighted by molar-refractivity contribution is -0.121. The molecule has 4 nitrogen and oxygen atoms in total. The van der Waals surface area contributed by atoms with Crippen molar-refractivity contribution in [2.24, 2.45) is 0 Å². The van der Waals surface area contributed by atoms with Crippen LogP contribution in [0.25, 0.3) is 0 Å². The largest absolute Gasteiger partial charge is 0.493 e. The number of hydrogen-bond donors (Lipinski definition) is 1. The van der Waals surface area contributed by atoms with Gasteiger partial charge in [0.25, 0.3) is 0 Å². The SMILES string of the molecule is COCCNC(=O)CCOc1cc(C)ccc1C. The van der Waals surface area contributed by atoms with Crippen molar-refractivity contribution in [2.45, 2.75) is 20.3 Å². The summed E-state index contributed by atoms with van der Waals surface area (Å²) in [6, 6.07) is 6.04. The molecule has 0 unspecified atom stereocenters. The van der Waals surface area contributed by atoms with Crippen LogP contribution in [0.15, 0.2) is 18.2 Å². The number of hydrogen-bond acceptors (Lipinski definition) is 3. The van der Waals surface area contributed by atoms with E-state index >= 15 is 0 Å². The van der Waals surface area contributed by atoms with E-state index in [1.165, 1.54) is 0 Å². The van der Waals surface area contributed by atoms with E-state index in [-0.39, 0.29) is 5.91 Å². The topological polar surface area (TPSA) is 47.6 Å². The van der Waals surface area contributed by atoms with Gasteiger partial charge >= 0.3 is 0 Å². The Morgan fingerprint density at radius 3 is 2.78 bits per heavy atom. The lowest BCUT2D eigenvalue weighted by atomic mass is 10.1. The first-order valence-corrected chi connectivity index (χ1v) is 6.09. The first-order valence-electron chi connectivity index (χ1n) is 6.09. The summed E-state index contributed by atoms with van der Waals surface area (Å²) in [6.07, 6.45) is 0.358. The Morgan fingerprint density at radius 2 is 2.06 bits per heavy atom. The van der Waals surface area contributed by atoms with Crippen molar-refractivity contribution in [3.8, 4) is 5.75 Å². The van der Waals surface area contributed by atoms with Crippen molar-refractivity contribution in [1.82, 2.24) is 5.32 Å². The van der Waals surface area contributed by atoms with E-state index in [1.807, 2.05) is 32.0 Å². The van der Waals surface area contributed by atoms with Crippen LogP contribution >= 0.6 is 0 Å². The molecule has 0 spiro atoms. The first-order chi connectivity index (χ1) is 8.63. The number of carbonyl (C=O) groups excluding carboxylic acids is 1. The third-order valence-corrected chi connectivity index (χ3v) is 2.56. The van der Waals surface area contributed by atoms with Crippen LogP contribution in [-0.2, 0) is 9.53 Å². The number of methoxy groups -OCH3 is 1. The molecule has 1 aromatic carbocycles. The molecule has 0 heterocycles. The zero-order chi connectivity index (χ0) is 13.4. The Balaban J connectivity index is 2.28. The van der Waals surface area contributed by atoms with E-state index < -0.39 is 0 Å². The predicted octanol–water partition coefficient (Wildman–Crippen LogP) is 1.83. The second kappa shape index (κ2) is 7.71. The van der Waals surface area contributed by atoms with Gasteiger partial charge in [0.2, 0.25) is 5.91 Å². The Morgan fingerprint density at radius 1 is 1.28 bits per heavy atom. The normalized spacial score (nSPS) is 10.2. The highest BCUT2D eigenvalue weighted by Crippen LogP contribution is 2.19. The molecule has 0 saturated heterocycles. The molecule has 4 heteroatoms. The fourth-order valence-electron chi connectivity index (χ4n) is 1.50. The first kappa shape index (κ1) is 14.5. The number of nitrogens with one attached hydrogen (secondary N) is 1. The number of carbonyl (C=O) groups is 1. The molecule has 1 aromatic rings. The van der Waals surface area contributed by atoms with Gasteiger partial charge in [0.15, 0.2) is 0 Å². The summed E-state index contributed by atoms with van der Waals surface area (Å²) in [7, 11) is 1.61. The summed E-state index contributed by atoms with van der Waals surface area (Å²) in [5.74, 6) is 0.831. The van der Waals surface area contributed by atoms with Gasteiger partial charge in [0.1, 0.15) is 5.75 Å². The minimum atomic E-state index is -0.0163. The summed E-state index contributed by atoms with van der Waals surface area (Å²) < 4.78 is 10.5. The zero-order valence-corrected chi connectivity index (χ0v) is 11.3. The van der Waals surface area contributed by atoms with Gasteiger partial charge in [-0.3, -0.25) is 4.79 Å². The molecule has 1 rings (SSSR count). The van der Waals surface area contributed by atoms with Crippen molar-refractivity contribution in [3.05, 3.63) is 29.3 Å². The maximum absolute atomic E-state index is 11.4. The standard InChI is InChI=1S/C14H21NO3/c1-11-4-5-12(2)13(10-11)18-8-6-14(16)15-7-9-17-3/h4-5,10H,6-9H2,1-3H3,(H,15,16). The smallest absolute Gasteiger partial charge is 0.223 e. The third kappa shape index (κ3) is 5.19. The van der Waals surface area contributed by atoms with E-state index in [1.54, 1.807) is 7.11 Å². The van der Waals surface area contributed by atoms with Crippen LogP contribution in [0.4, 0.5) is 0 Å². The van der Waals surface area contributed by atoms with Crippen LogP contribution in [0.3, 0.4) is 0 Å². The van der Waals surface area contributed by atoms with Crippen molar-refractivity contribution >= 4 is 5.91 Å². The molecule has 1 amide bonds. The van der Waals surface area contributed by atoms with Gasteiger partial charge in [-0.15, -0.1) is 0 Å². The van der Waals surface area contributed by atoms with E-state index in [2.05, 4.69) is 5.32 Å². The van der Waals surface area contributed by atoms with E-state index in [4.69, 9.17) is 9.47 Å². The predicted molar refractivity (Wildman–Crippen MR) is 70.9 cm³/mol. The average Bonchev–Trinajstić information content (AvgIpc) is 2.34. The highest BCUT2D eigenvalue weighted by molar-refractivity contribution is 5.75. The van der Waals surface area contributed by atoms with Gasteiger partial charge in [-0.05, 0) is 31.0 Å². The van der Waals surface area contributed by atoms with Crippen LogP contribution in [-0.4, -0.2) is 32.8 Å². The van der Waals surface area contributed by atoms with Crippen LogP contribution in [0.2, 0.25) is 0 Å². The molecular weight excluding hydrogens is 230 g/mol. The molecule has 0 aliphatic heterocycles. The fraction of sp³-hybridized carbons (Fsp3) is 0.500. The lowest BCUT2D eigenvalue weighted by Gasteiger charge is -2.10. The zero-order valence-electron chi connectivity index (χ0n) is 11.3. The minimum Gasteiger partial charge on any atom is -0.493 e. The molecule has 0 saturated carbocycles. The number of rotatable bonds is 7. The second-order valence-electron chi connectivity index (χ2n) is 4.21. The molecule has 100 valence electrons. The summed E-state index contributed by atoms with van der Waals surface area (Å²) >= 11 is 0. The summed E-state index contributed by atoms with van der Waals surface area (Å²) in [5.41, 5.74) is 2.24. The molecule has 18 heavy (non-hydrogen) atoms. The van der Waals surface area contributed by atoms with Crippen LogP contribution in [0.5, 0.6) is 5.75 Å². The number of aryl methyl sites for hydroxylation is 2. The maximum Gasteiger partial charge on any atom is 0.223 e. The van der Waals surface area contributed by atoms with Gasteiger partial charge in [-0.2, -0.15) is 0 Å². The van der Waals surface area contributed by atoms with Crippen molar-refractivity contribution in [3.63, 3.8) is 0 Å².